The molecule has 20 heavy (non-hydrogen) atoms. The maximum absolute atomic E-state index is 12.0. The van der Waals surface area contributed by atoms with Crippen molar-refractivity contribution in [2.24, 2.45) is 0 Å². The number of hydrogen-bond acceptors (Lipinski definition) is 3. The summed E-state index contributed by atoms with van der Waals surface area (Å²) in [5.74, 6) is -0.101. The monoisotopic (exact) mass is 328 g/mol. The molecule has 104 valence electrons. The number of phenolic OH excluding ortho intramolecular Hbond substituents is 1. The van der Waals surface area contributed by atoms with Crippen LogP contribution in [-0.2, 0) is 0 Å². The van der Waals surface area contributed by atoms with Crippen molar-refractivity contribution in [2.45, 2.75) is 0 Å². The molecular formula is C13H10Cl2N2O2S. The van der Waals surface area contributed by atoms with Crippen LogP contribution in [0.1, 0.15) is 0 Å². The molecule has 0 aliphatic heterocycles. The smallest absolute Gasteiger partial charge is 0.336 e. The molecule has 7 heteroatoms. The first-order valence-corrected chi connectivity index (χ1v) is 6.67. The fourth-order valence-electron chi connectivity index (χ4n) is 1.49. The highest BCUT2D eigenvalue weighted by Crippen LogP contribution is 2.31. The standard InChI is InChI=1S/C13H10Cl2N2O2S/c14-8-1-4-10(5-2-8)16-13(19)17(20)11-7-9(15)3-6-12(11)18/h1-7,18,20H,(H,16,19). The first kappa shape index (κ1) is 14.8. The number of carbonyl (C=O) groups is 1. The summed E-state index contributed by atoms with van der Waals surface area (Å²) in [6.45, 7) is 0. The van der Waals surface area contributed by atoms with Gasteiger partial charge < -0.3 is 10.4 Å². The third-order valence-electron chi connectivity index (χ3n) is 2.45. The van der Waals surface area contributed by atoms with Crippen molar-refractivity contribution in [3.05, 3.63) is 52.5 Å². The van der Waals surface area contributed by atoms with Crippen molar-refractivity contribution in [2.75, 3.05) is 9.62 Å². The first-order chi connectivity index (χ1) is 9.47. The largest absolute Gasteiger partial charge is 0.506 e. The van der Waals surface area contributed by atoms with E-state index in [1.165, 1.54) is 18.2 Å². The number of nitrogens with zero attached hydrogens (tertiary/aromatic N) is 1. The van der Waals surface area contributed by atoms with Crippen LogP contribution in [0.25, 0.3) is 0 Å². The number of hydrogen-bond donors (Lipinski definition) is 3. The molecule has 0 saturated carbocycles. The van der Waals surface area contributed by atoms with E-state index in [9.17, 15) is 9.90 Å². The van der Waals surface area contributed by atoms with Gasteiger partial charge in [0, 0.05) is 15.7 Å². The molecule has 2 aromatic rings. The number of phenols is 1. The maximum atomic E-state index is 12.0. The second kappa shape index (κ2) is 6.26. The number of amides is 2. The summed E-state index contributed by atoms with van der Waals surface area (Å²) in [7, 11) is 0. The zero-order valence-electron chi connectivity index (χ0n) is 10.0. The summed E-state index contributed by atoms with van der Waals surface area (Å²) >= 11 is 15.6. The number of thiol groups is 1. The van der Waals surface area contributed by atoms with Gasteiger partial charge in [0.15, 0.2) is 0 Å². The average molecular weight is 329 g/mol. The van der Waals surface area contributed by atoms with Crippen molar-refractivity contribution < 1.29 is 9.90 Å². The van der Waals surface area contributed by atoms with Gasteiger partial charge in [0.25, 0.3) is 0 Å². The second-order valence-electron chi connectivity index (χ2n) is 3.88. The summed E-state index contributed by atoms with van der Waals surface area (Å²) in [6, 6.07) is 10.4. The van der Waals surface area contributed by atoms with Gasteiger partial charge in [-0.25, -0.2) is 9.10 Å². The van der Waals surface area contributed by atoms with Crippen molar-refractivity contribution in [3.8, 4) is 5.75 Å². The lowest BCUT2D eigenvalue weighted by atomic mass is 10.3. The molecule has 0 unspecified atom stereocenters. The van der Waals surface area contributed by atoms with E-state index in [1.54, 1.807) is 24.3 Å². The Bertz CT molecular complexity index is 635. The Morgan fingerprint density at radius 1 is 1.10 bits per heavy atom. The fraction of sp³-hybridized carbons (Fsp3) is 0. The fourth-order valence-corrected chi connectivity index (χ4v) is 1.99. The topological polar surface area (TPSA) is 52.6 Å². The third-order valence-corrected chi connectivity index (χ3v) is 3.34. The Morgan fingerprint density at radius 3 is 2.35 bits per heavy atom. The lowest BCUT2D eigenvalue weighted by Crippen LogP contribution is -2.26. The van der Waals surface area contributed by atoms with Gasteiger partial charge >= 0.3 is 6.03 Å². The number of carbonyl (C=O) groups excluding carboxylic acids is 1. The number of rotatable bonds is 2. The summed E-state index contributed by atoms with van der Waals surface area (Å²) in [5, 5.41) is 13.3. The molecule has 2 amide bonds. The van der Waals surface area contributed by atoms with E-state index in [-0.39, 0.29) is 11.4 Å². The highest BCUT2D eigenvalue weighted by atomic mass is 35.5. The van der Waals surface area contributed by atoms with Gasteiger partial charge in [0.1, 0.15) is 11.4 Å². The third kappa shape index (κ3) is 3.50. The number of aromatic hydroxyl groups is 1. The predicted octanol–water partition coefficient (Wildman–Crippen LogP) is 4.58. The van der Waals surface area contributed by atoms with Crippen molar-refractivity contribution in [3.63, 3.8) is 0 Å². The van der Waals surface area contributed by atoms with E-state index >= 15 is 0 Å². The van der Waals surface area contributed by atoms with Gasteiger partial charge in [-0.2, -0.15) is 0 Å². The summed E-state index contributed by atoms with van der Waals surface area (Å²) < 4.78 is 0.968. The highest BCUT2D eigenvalue weighted by Gasteiger charge is 2.16. The minimum Gasteiger partial charge on any atom is -0.506 e. The Morgan fingerprint density at radius 2 is 1.70 bits per heavy atom. The van der Waals surface area contributed by atoms with E-state index in [2.05, 4.69) is 18.1 Å². The van der Waals surface area contributed by atoms with E-state index in [0.29, 0.717) is 15.7 Å². The van der Waals surface area contributed by atoms with Gasteiger partial charge in [-0.15, -0.1) is 0 Å². The van der Waals surface area contributed by atoms with Crippen LogP contribution in [-0.4, -0.2) is 11.1 Å². The summed E-state index contributed by atoms with van der Waals surface area (Å²) in [4.78, 5) is 12.0. The molecule has 4 nitrogen and oxygen atoms in total. The number of anilines is 2. The molecule has 2 N–H and O–H groups in total. The maximum Gasteiger partial charge on any atom is 0.336 e. The minimum atomic E-state index is -0.534. The van der Waals surface area contributed by atoms with Crippen LogP contribution in [0.3, 0.4) is 0 Å². The van der Waals surface area contributed by atoms with E-state index in [1.807, 2.05) is 0 Å². The molecule has 0 aliphatic rings. The van der Waals surface area contributed by atoms with Crippen LogP contribution >= 0.6 is 36.0 Å². The van der Waals surface area contributed by atoms with Crippen molar-refractivity contribution >= 4 is 53.4 Å². The first-order valence-electron chi connectivity index (χ1n) is 5.51. The second-order valence-corrected chi connectivity index (χ2v) is 5.15. The zero-order valence-corrected chi connectivity index (χ0v) is 12.5. The molecule has 0 saturated heterocycles. The summed E-state index contributed by atoms with van der Waals surface area (Å²) in [5.41, 5.74) is 0.743. The molecule has 0 atom stereocenters. The molecule has 2 rings (SSSR count). The van der Waals surface area contributed by atoms with E-state index < -0.39 is 6.03 Å². The molecule has 0 heterocycles. The minimum absolute atomic E-state index is 0.101. The molecule has 0 spiro atoms. The van der Waals surface area contributed by atoms with Crippen LogP contribution in [0.2, 0.25) is 10.0 Å². The van der Waals surface area contributed by atoms with E-state index in [4.69, 9.17) is 23.2 Å². The Hall–Kier alpha value is -1.56. The SMILES string of the molecule is O=C(Nc1ccc(Cl)cc1)N(S)c1cc(Cl)ccc1O. The Balaban J connectivity index is 2.16. The molecule has 0 bridgehead atoms. The number of halogens is 2. The van der Waals surface area contributed by atoms with Crippen LogP contribution in [0.5, 0.6) is 5.75 Å². The average Bonchev–Trinajstić information content (AvgIpc) is 2.43. The Labute approximate surface area is 131 Å². The predicted molar refractivity (Wildman–Crippen MR) is 85.1 cm³/mol. The number of nitrogens with one attached hydrogen (secondary N) is 1. The molecular weight excluding hydrogens is 319 g/mol. The summed E-state index contributed by atoms with van der Waals surface area (Å²) in [6.07, 6.45) is 0. The highest BCUT2D eigenvalue weighted by molar-refractivity contribution is 7.82. The molecule has 0 fully saturated rings. The number of benzene rings is 2. The molecule has 0 radical (unpaired) electrons. The van der Waals surface area contributed by atoms with Gasteiger partial charge in [-0.05, 0) is 42.5 Å². The zero-order chi connectivity index (χ0) is 14.7. The quantitative estimate of drug-likeness (QED) is 0.706. The Kier molecular flexibility index (Phi) is 4.65. The van der Waals surface area contributed by atoms with Crippen LogP contribution in [0, 0.1) is 0 Å². The van der Waals surface area contributed by atoms with Gasteiger partial charge in [-0.1, -0.05) is 36.0 Å². The lowest BCUT2D eigenvalue weighted by Gasteiger charge is -2.18. The van der Waals surface area contributed by atoms with E-state index in [0.717, 1.165) is 4.31 Å². The van der Waals surface area contributed by atoms with Gasteiger partial charge in [-0.3, -0.25) is 0 Å². The van der Waals surface area contributed by atoms with Crippen molar-refractivity contribution in [1.29, 1.82) is 0 Å². The van der Waals surface area contributed by atoms with Crippen LogP contribution < -0.4 is 9.62 Å². The molecule has 0 aliphatic carbocycles. The normalized spacial score (nSPS) is 10.2. The molecule has 0 aromatic heterocycles. The number of urea groups is 1. The lowest BCUT2D eigenvalue weighted by molar-refractivity contribution is 0.260. The van der Waals surface area contributed by atoms with Crippen LogP contribution in [0.15, 0.2) is 42.5 Å². The van der Waals surface area contributed by atoms with Gasteiger partial charge in [0.05, 0.1) is 0 Å². The van der Waals surface area contributed by atoms with Crippen molar-refractivity contribution in [1.82, 2.24) is 0 Å². The molecule has 2 aromatic carbocycles. The van der Waals surface area contributed by atoms with Gasteiger partial charge in [0.2, 0.25) is 0 Å². The van der Waals surface area contributed by atoms with Crippen LogP contribution in [0.4, 0.5) is 16.2 Å².